The molecule has 1 saturated heterocycles. The van der Waals surface area contributed by atoms with Crippen molar-refractivity contribution < 1.29 is 4.79 Å². The molecule has 2 fully saturated rings. The van der Waals surface area contributed by atoms with E-state index in [0.29, 0.717) is 37.6 Å². The van der Waals surface area contributed by atoms with Gasteiger partial charge in [0.15, 0.2) is 0 Å². The summed E-state index contributed by atoms with van der Waals surface area (Å²) in [6.07, 6.45) is 6.01. The first-order valence-electron chi connectivity index (χ1n) is 9.52. The molecule has 0 N–H and O–H groups in total. The van der Waals surface area contributed by atoms with Crippen molar-refractivity contribution in [2.45, 2.75) is 25.7 Å². The summed E-state index contributed by atoms with van der Waals surface area (Å²) in [4.78, 5) is 29.2. The molecule has 1 aliphatic carbocycles. The smallest absolute Gasteiger partial charge is 0.292 e. The van der Waals surface area contributed by atoms with Crippen LogP contribution in [0.3, 0.4) is 0 Å². The van der Waals surface area contributed by atoms with Crippen molar-refractivity contribution in [1.29, 1.82) is 0 Å². The van der Waals surface area contributed by atoms with Crippen LogP contribution in [-0.2, 0) is 4.79 Å². The van der Waals surface area contributed by atoms with Gasteiger partial charge in [-0.15, -0.1) is 0 Å². The number of hydrogen-bond acceptors (Lipinski definition) is 4. The Balaban J connectivity index is 1.48. The molecule has 6 nitrogen and oxygen atoms in total. The largest absolute Gasteiger partial charge is 0.365 e. The van der Waals surface area contributed by atoms with Gasteiger partial charge in [-0.1, -0.05) is 42.6 Å². The molecule has 0 bridgehead atoms. The summed E-state index contributed by atoms with van der Waals surface area (Å²) in [5.41, 5.74) is 0.995. The molecule has 1 aromatic heterocycles. The number of rotatable bonds is 3. The van der Waals surface area contributed by atoms with Gasteiger partial charge in [0.2, 0.25) is 5.91 Å². The molecule has 0 unspecified atom stereocenters. The summed E-state index contributed by atoms with van der Waals surface area (Å²) < 4.78 is 1.31. The fraction of sp³-hybridized carbons (Fsp3) is 0.450. The Morgan fingerprint density at radius 1 is 1.04 bits per heavy atom. The molecule has 1 aliphatic heterocycles. The second-order valence-electron chi connectivity index (χ2n) is 7.19. The molecule has 1 saturated carbocycles. The highest BCUT2D eigenvalue weighted by atomic mass is 35.5. The quantitative estimate of drug-likeness (QED) is 0.813. The van der Waals surface area contributed by atoms with Crippen LogP contribution in [0, 0.1) is 5.92 Å². The van der Waals surface area contributed by atoms with E-state index < -0.39 is 0 Å². The lowest BCUT2D eigenvalue weighted by molar-refractivity contribution is -0.135. The Bertz CT molecular complexity index is 869. The molecular weight excluding hydrogens is 364 g/mol. The van der Waals surface area contributed by atoms with E-state index in [-0.39, 0.29) is 22.4 Å². The third-order valence-electron chi connectivity index (χ3n) is 5.54. The average molecular weight is 387 g/mol. The third kappa shape index (κ3) is 3.58. The zero-order chi connectivity index (χ0) is 18.8. The number of nitrogens with zero attached hydrogens (tertiary/aromatic N) is 4. The maximum absolute atomic E-state index is 12.7. The third-order valence-corrected chi connectivity index (χ3v) is 5.89. The summed E-state index contributed by atoms with van der Waals surface area (Å²) in [5.74, 6) is 0.493. The van der Waals surface area contributed by atoms with Gasteiger partial charge >= 0.3 is 0 Å². The summed E-state index contributed by atoms with van der Waals surface area (Å²) in [5, 5.41) is 4.47. The Labute approximate surface area is 163 Å². The number of amides is 1. The molecule has 1 aromatic carbocycles. The number of carbonyl (C=O) groups is 1. The maximum Gasteiger partial charge on any atom is 0.292 e. The van der Waals surface area contributed by atoms with E-state index in [1.54, 1.807) is 6.20 Å². The first-order valence-corrected chi connectivity index (χ1v) is 9.90. The first-order chi connectivity index (χ1) is 13.1. The van der Waals surface area contributed by atoms with Gasteiger partial charge in [-0.05, 0) is 25.0 Å². The van der Waals surface area contributed by atoms with Crippen LogP contribution in [0.5, 0.6) is 0 Å². The van der Waals surface area contributed by atoms with Crippen molar-refractivity contribution in [3.63, 3.8) is 0 Å². The number of piperazine rings is 1. The second-order valence-corrected chi connectivity index (χ2v) is 7.57. The van der Waals surface area contributed by atoms with Gasteiger partial charge < -0.3 is 9.80 Å². The number of carbonyl (C=O) groups excluding carboxylic acids is 1. The van der Waals surface area contributed by atoms with Crippen molar-refractivity contribution in [3.05, 3.63) is 51.9 Å². The Morgan fingerprint density at radius 2 is 1.70 bits per heavy atom. The highest BCUT2D eigenvalue weighted by Crippen LogP contribution is 2.28. The number of anilines is 1. The van der Waals surface area contributed by atoms with Crippen molar-refractivity contribution >= 4 is 23.2 Å². The zero-order valence-corrected chi connectivity index (χ0v) is 15.9. The molecule has 142 valence electrons. The molecule has 1 amide bonds. The number of aromatic nitrogens is 2. The second kappa shape index (κ2) is 7.72. The van der Waals surface area contributed by atoms with Crippen molar-refractivity contribution in [2.75, 3.05) is 31.1 Å². The molecule has 0 atom stereocenters. The summed E-state index contributed by atoms with van der Waals surface area (Å²) >= 11 is 6.39. The monoisotopic (exact) mass is 386 g/mol. The van der Waals surface area contributed by atoms with E-state index in [0.717, 1.165) is 25.7 Å². The normalized spacial score (nSPS) is 18.1. The van der Waals surface area contributed by atoms with Gasteiger partial charge in [-0.2, -0.15) is 9.78 Å². The minimum Gasteiger partial charge on any atom is -0.365 e. The highest BCUT2D eigenvalue weighted by molar-refractivity contribution is 6.33. The minimum atomic E-state index is -0.329. The molecule has 0 radical (unpaired) electrons. The molecular formula is C20H23ClN4O2. The Hall–Kier alpha value is -2.34. The molecule has 7 heteroatoms. The minimum absolute atomic E-state index is 0.171. The van der Waals surface area contributed by atoms with Gasteiger partial charge in [0, 0.05) is 32.1 Å². The van der Waals surface area contributed by atoms with Crippen LogP contribution in [-0.4, -0.2) is 46.8 Å². The average Bonchev–Trinajstić information content (AvgIpc) is 3.25. The predicted molar refractivity (Wildman–Crippen MR) is 106 cm³/mol. The lowest BCUT2D eigenvalue weighted by Gasteiger charge is -2.37. The van der Waals surface area contributed by atoms with Gasteiger partial charge in [0.1, 0.15) is 5.02 Å². The van der Waals surface area contributed by atoms with E-state index in [2.05, 4.69) is 5.10 Å². The van der Waals surface area contributed by atoms with Crippen molar-refractivity contribution in [2.24, 2.45) is 5.92 Å². The van der Waals surface area contributed by atoms with Gasteiger partial charge in [-0.3, -0.25) is 9.59 Å². The number of halogens is 1. The topological polar surface area (TPSA) is 58.4 Å². The fourth-order valence-corrected chi connectivity index (χ4v) is 4.24. The van der Waals surface area contributed by atoms with Crippen LogP contribution < -0.4 is 10.5 Å². The fourth-order valence-electron chi connectivity index (χ4n) is 4.00. The van der Waals surface area contributed by atoms with Crippen molar-refractivity contribution in [1.82, 2.24) is 14.7 Å². The lowest BCUT2D eigenvalue weighted by Crippen LogP contribution is -2.50. The van der Waals surface area contributed by atoms with Crippen LogP contribution in [0.1, 0.15) is 25.7 Å². The lowest BCUT2D eigenvalue weighted by atomic mass is 10.1. The van der Waals surface area contributed by atoms with E-state index in [9.17, 15) is 9.59 Å². The molecule has 2 heterocycles. The van der Waals surface area contributed by atoms with Crippen molar-refractivity contribution in [3.8, 4) is 5.69 Å². The predicted octanol–water partition coefficient (Wildman–Crippen LogP) is 2.72. The van der Waals surface area contributed by atoms with Crippen LogP contribution in [0.2, 0.25) is 5.02 Å². The van der Waals surface area contributed by atoms with E-state index >= 15 is 0 Å². The Kier molecular flexibility index (Phi) is 5.16. The molecule has 0 spiro atoms. The molecule has 2 aromatic rings. The van der Waals surface area contributed by atoms with E-state index in [1.165, 1.54) is 4.68 Å². The summed E-state index contributed by atoms with van der Waals surface area (Å²) in [7, 11) is 0. The van der Waals surface area contributed by atoms with Crippen LogP contribution in [0.4, 0.5) is 5.69 Å². The molecule has 27 heavy (non-hydrogen) atoms. The van der Waals surface area contributed by atoms with Crippen LogP contribution in [0.25, 0.3) is 5.69 Å². The standard InChI is InChI=1S/C20H23ClN4O2/c21-18-17(14-22-25(20(18)27)16-8-2-1-3-9-16)23-10-12-24(13-11-23)19(26)15-6-4-5-7-15/h1-3,8-9,14-15H,4-7,10-13H2. The highest BCUT2D eigenvalue weighted by Gasteiger charge is 2.30. The molecule has 4 rings (SSSR count). The zero-order valence-electron chi connectivity index (χ0n) is 15.2. The first kappa shape index (κ1) is 18.0. The summed E-state index contributed by atoms with van der Waals surface area (Å²) in [6.45, 7) is 2.64. The van der Waals surface area contributed by atoms with Gasteiger partial charge in [0.05, 0.1) is 17.6 Å². The number of benzene rings is 1. The van der Waals surface area contributed by atoms with E-state index in [4.69, 9.17) is 11.6 Å². The molecule has 2 aliphatic rings. The van der Waals surface area contributed by atoms with Gasteiger partial charge in [0.25, 0.3) is 5.56 Å². The van der Waals surface area contributed by atoms with Crippen LogP contribution >= 0.6 is 11.6 Å². The number of hydrogen-bond donors (Lipinski definition) is 0. The Morgan fingerprint density at radius 3 is 2.37 bits per heavy atom. The van der Waals surface area contributed by atoms with Gasteiger partial charge in [-0.25, -0.2) is 0 Å². The van der Waals surface area contributed by atoms with Crippen LogP contribution in [0.15, 0.2) is 41.3 Å². The maximum atomic E-state index is 12.7. The summed E-state index contributed by atoms with van der Waals surface area (Å²) in [6, 6.07) is 9.23. The number of para-hydroxylation sites is 1. The van der Waals surface area contributed by atoms with E-state index in [1.807, 2.05) is 40.1 Å². The SMILES string of the molecule is O=C(C1CCCC1)N1CCN(c2cnn(-c3ccccc3)c(=O)c2Cl)CC1.